The normalized spacial score (nSPS) is 14.9. The number of likely N-dealkylation sites (tertiary alicyclic amines) is 1. The topological polar surface area (TPSA) is 88.0 Å². The maximum absolute atomic E-state index is 12.7. The van der Waals surface area contributed by atoms with Gasteiger partial charge in [-0.1, -0.05) is 12.1 Å². The molecule has 11 heteroatoms. The standard InChI is InChI=1S/C22H24F3N7O/c1-14-4-3-5-17(10-14)29-21-26-12-18(15-11-27-31(2)13-15)19(30-21)28-16-6-8-32(9-7-16)20(33)22(23,24)25/h3-5,10-13,16H,6-9H2,1-2H3,(H2,26,28,29,30). The van der Waals surface area contributed by atoms with E-state index in [0.717, 1.165) is 27.3 Å². The van der Waals surface area contributed by atoms with Gasteiger partial charge in [0.1, 0.15) is 5.82 Å². The summed E-state index contributed by atoms with van der Waals surface area (Å²) in [6, 6.07) is 7.65. The van der Waals surface area contributed by atoms with Gasteiger partial charge in [0, 0.05) is 55.4 Å². The van der Waals surface area contributed by atoms with Gasteiger partial charge in [-0.05, 0) is 37.5 Å². The van der Waals surface area contributed by atoms with E-state index < -0.39 is 12.1 Å². The molecular formula is C22H24F3N7O. The van der Waals surface area contributed by atoms with Crippen LogP contribution in [-0.4, -0.2) is 55.9 Å². The third kappa shape index (κ3) is 5.41. The van der Waals surface area contributed by atoms with Crippen LogP contribution in [0.2, 0.25) is 0 Å². The molecule has 1 fully saturated rings. The molecule has 4 rings (SSSR count). The zero-order chi connectivity index (χ0) is 23.6. The number of carbonyl (C=O) groups excluding carboxylic acids is 1. The highest BCUT2D eigenvalue weighted by atomic mass is 19.4. The van der Waals surface area contributed by atoms with Gasteiger partial charge in [-0.25, -0.2) is 4.98 Å². The molecule has 1 amide bonds. The Morgan fingerprint density at radius 3 is 2.58 bits per heavy atom. The molecule has 2 N–H and O–H groups in total. The number of rotatable bonds is 5. The fraction of sp³-hybridized carbons (Fsp3) is 0.364. The van der Waals surface area contributed by atoms with E-state index in [2.05, 4.69) is 25.7 Å². The summed E-state index contributed by atoms with van der Waals surface area (Å²) >= 11 is 0. The first-order chi connectivity index (χ1) is 15.7. The molecule has 0 bridgehead atoms. The second kappa shape index (κ2) is 9.08. The first kappa shape index (κ1) is 22.6. The molecule has 1 aliphatic heterocycles. The van der Waals surface area contributed by atoms with Crippen molar-refractivity contribution in [1.82, 2.24) is 24.6 Å². The van der Waals surface area contributed by atoms with Crippen LogP contribution in [0.15, 0.2) is 42.9 Å². The second-order valence-electron chi connectivity index (χ2n) is 8.06. The minimum Gasteiger partial charge on any atom is -0.367 e. The van der Waals surface area contributed by atoms with Crippen LogP contribution in [0.25, 0.3) is 11.1 Å². The number of aromatic nitrogens is 4. The second-order valence-corrected chi connectivity index (χ2v) is 8.06. The smallest absolute Gasteiger partial charge is 0.367 e. The molecule has 1 aliphatic rings. The van der Waals surface area contributed by atoms with Crippen LogP contribution >= 0.6 is 0 Å². The Kier molecular flexibility index (Phi) is 6.21. The average Bonchev–Trinajstić information content (AvgIpc) is 3.19. The van der Waals surface area contributed by atoms with Gasteiger partial charge in [-0.15, -0.1) is 0 Å². The number of hydrogen-bond acceptors (Lipinski definition) is 6. The molecule has 0 unspecified atom stereocenters. The number of halogens is 3. The fourth-order valence-electron chi connectivity index (χ4n) is 3.78. The molecule has 0 saturated carbocycles. The summed E-state index contributed by atoms with van der Waals surface area (Å²) in [5.74, 6) is -0.849. The number of alkyl halides is 3. The number of aryl methyl sites for hydroxylation is 2. The van der Waals surface area contributed by atoms with Gasteiger partial charge in [0.25, 0.3) is 0 Å². The molecule has 3 aromatic rings. The molecule has 3 heterocycles. The van der Waals surface area contributed by atoms with Crippen molar-refractivity contribution in [2.45, 2.75) is 32.0 Å². The summed E-state index contributed by atoms with van der Waals surface area (Å²) in [6.07, 6.45) is 1.12. The highest BCUT2D eigenvalue weighted by molar-refractivity contribution is 5.82. The van der Waals surface area contributed by atoms with Gasteiger partial charge >= 0.3 is 12.1 Å². The molecule has 0 radical (unpaired) electrons. The lowest BCUT2D eigenvalue weighted by Gasteiger charge is -2.33. The Hall–Kier alpha value is -3.63. The zero-order valence-electron chi connectivity index (χ0n) is 18.2. The van der Waals surface area contributed by atoms with E-state index in [1.54, 1.807) is 24.1 Å². The highest BCUT2D eigenvalue weighted by Gasteiger charge is 2.43. The predicted molar refractivity (Wildman–Crippen MR) is 118 cm³/mol. The van der Waals surface area contributed by atoms with Gasteiger partial charge in [0.05, 0.1) is 6.20 Å². The van der Waals surface area contributed by atoms with Gasteiger partial charge in [0.15, 0.2) is 0 Å². The SMILES string of the molecule is Cc1cccc(Nc2ncc(-c3cnn(C)c3)c(NC3CCN(C(=O)C(F)(F)F)CC3)n2)c1. The van der Waals surface area contributed by atoms with Crippen molar-refractivity contribution >= 4 is 23.4 Å². The summed E-state index contributed by atoms with van der Waals surface area (Å²) in [5.41, 5.74) is 3.47. The summed E-state index contributed by atoms with van der Waals surface area (Å²) in [7, 11) is 1.80. The van der Waals surface area contributed by atoms with Crippen LogP contribution in [0.5, 0.6) is 0 Å². The van der Waals surface area contributed by atoms with Crippen LogP contribution < -0.4 is 10.6 Å². The predicted octanol–water partition coefficient (Wildman–Crippen LogP) is 3.89. The highest BCUT2D eigenvalue weighted by Crippen LogP contribution is 2.29. The van der Waals surface area contributed by atoms with Crippen molar-refractivity contribution in [1.29, 1.82) is 0 Å². The van der Waals surface area contributed by atoms with E-state index in [9.17, 15) is 18.0 Å². The Labute approximate surface area is 188 Å². The summed E-state index contributed by atoms with van der Waals surface area (Å²) in [5, 5.41) is 10.7. The van der Waals surface area contributed by atoms with E-state index in [1.165, 1.54) is 0 Å². The summed E-state index contributed by atoms with van der Waals surface area (Å²) in [6.45, 7) is 2.04. The first-order valence-electron chi connectivity index (χ1n) is 10.5. The van der Waals surface area contributed by atoms with E-state index in [-0.39, 0.29) is 19.1 Å². The van der Waals surface area contributed by atoms with Crippen LogP contribution in [0, 0.1) is 6.92 Å². The molecule has 1 saturated heterocycles. The zero-order valence-corrected chi connectivity index (χ0v) is 18.2. The number of hydrogen-bond donors (Lipinski definition) is 2. The van der Waals surface area contributed by atoms with Crippen molar-refractivity contribution in [2.75, 3.05) is 23.7 Å². The molecule has 33 heavy (non-hydrogen) atoms. The Morgan fingerprint density at radius 1 is 1.18 bits per heavy atom. The quantitative estimate of drug-likeness (QED) is 0.602. The largest absolute Gasteiger partial charge is 0.471 e. The average molecular weight is 459 g/mol. The van der Waals surface area contributed by atoms with Crippen LogP contribution in [-0.2, 0) is 11.8 Å². The molecule has 174 valence electrons. The first-order valence-corrected chi connectivity index (χ1v) is 10.5. The third-order valence-corrected chi connectivity index (χ3v) is 5.44. The summed E-state index contributed by atoms with van der Waals surface area (Å²) < 4.78 is 39.9. The van der Waals surface area contributed by atoms with Gasteiger partial charge < -0.3 is 15.5 Å². The maximum Gasteiger partial charge on any atom is 0.471 e. The van der Waals surface area contributed by atoms with Crippen molar-refractivity contribution in [3.05, 3.63) is 48.4 Å². The van der Waals surface area contributed by atoms with Crippen LogP contribution in [0.4, 0.5) is 30.6 Å². The van der Waals surface area contributed by atoms with Crippen molar-refractivity contribution in [2.24, 2.45) is 7.05 Å². The number of benzene rings is 1. The minimum atomic E-state index is -4.85. The molecule has 8 nitrogen and oxygen atoms in total. The van der Waals surface area contributed by atoms with Gasteiger partial charge in [-0.2, -0.15) is 23.3 Å². The minimum absolute atomic E-state index is 0.0255. The molecule has 0 spiro atoms. The number of nitrogens with one attached hydrogen (secondary N) is 2. The molecule has 1 aromatic carbocycles. The van der Waals surface area contributed by atoms with Gasteiger partial charge in [0.2, 0.25) is 5.95 Å². The molecule has 2 aromatic heterocycles. The van der Waals surface area contributed by atoms with Crippen molar-refractivity contribution in [3.63, 3.8) is 0 Å². The Balaban J connectivity index is 1.54. The van der Waals surface area contributed by atoms with E-state index >= 15 is 0 Å². The number of nitrogens with zero attached hydrogens (tertiary/aromatic N) is 5. The lowest BCUT2D eigenvalue weighted by molar-refractivity contribution is -0.186. The number of amides is 1. The number of piperidine rings is 1. The van der Waals surface area contributed by atoms with E-state index in [1.807, 2.05) is 37.4 Å². The Morgan fingerprint density at radius 2 is 1.94 bits per heavy atom. The maximum atomic E-state index is 12.7. The van der Waals surface area contributed by atoms with E-state index in [0.29, 0.717) is 24.6 Å². The van der Waals surface area contributed by atoms with Crippen LogP contribution in [0.1, 0.15) is 18.4 Å². The van der Waals surface area contributed by atoms with E-state index in [4.69, 9.17) is 0 Å². The van der Waals surface area contributed by atoms with Gasteiger partial charge in [-0.3, -0.25) is 9.48 Å². The number of anilines is 3. The lowest BCUT2D eigenvalue weighted by atomic mass is 10.0. The van der Waals surface area contributed by atoms with Crippen molar-refractivity contribution in [3.8, 4) is 11.1 Å². The van der Waals surface area contributed by atoms with Crippen LogP contribution in [0.3, 0.4) is 0 Å². The summed E-state index contributed by atoms with van der Waals surface area (Å²) in [4.78, 5) is 21.4. The monoisotopic (exact) mass is 459 g/mol. The number of carbonyl (C=O) groups is 1. The van der Waals surface area contributed by atoms with Crippen molar-refractivity contribution < 1.29 is 18.0 Å². The Bertz CT molecular complexity index is 1140. The third-order valence-electron chi connectivity index (χ3n) is 5.44. The molecular weight excluding hydrogens is 435 g/mol. The molecule has 0 atom stereocenters. The fourth-order valence-corrected chi connectivity index (χ4v) is 3.78. The molecule has 0 aliphatic carbocycles. The lowest BCUT2D eigenvalue weighted by Crippen LogP contribution is -2.47.